The van der Waals surface area contributed by atoms with Crippen LogP contribution in [0.4, 0.5) is 4.79 Å². The van der Waals surface area contributed by atoms with E-state index in [2.05, 4.69) is 4.74 Å². The number of rotatable bonds is 6. The Morgan fingerprint density at radius 2 is 1.56 bits per heavy atom. The van der Waals surface area contributed by atoms with Gasteiger partial charge in [0, 0.05) is 0 Å². The molecule has 104 valence electrons. The second-order valence-electron chi connectivity index (χ2n) is 4.67. The Kier molecular flexibility index (Phi) is 5.48. The van der Waals surface area contributed by atoms with Crippen LogP contribution in [0.25, 0.3) is 0 Å². The number of carbonyl (C=O) groups is 3. The number of carbonyl (C=O) groups excluding carboxylic acids is 3. The third-order valence-corrected chi connectivity index (χ3v) is 3.07. The molecule has 0 heterocycles. The van der Waals surface area contributed by atoms with E-state index in [1.165, 1.54) is 27.7 Å². The molecule has 2 unspecified atom stereocenters. The van der Waals surface area contributed by atoms with Gasteiger partial charge < -0.3 is 14.6 Å². The molecule has 0 aromatic heterocycles. The first-order valence-corrected chi connectivity index (χ1v) is 5.56. The van der Waals surface area contributed by atoms with Crippen LogP contribution < -0.4 is 0 Å². The summed E-state index contributed by atoms with van der Waals surface area (Å²) in [5.41, 5.74) is -2.96. The Balaban J connectivity index is 4.79. The van der Waals surface area contributed by atoms with Gasteiger partial charge in [0.2, 0.25) is 0 Å². The molecule has 2 atom stereocenters. The highest BCUT2D eigenvalue weighted by Crippen LogP contribution is 2.25. The molecule has 0 aliphatic rings. The van der Waals surface area contributed by atoms with Gasteiger partial charge in [-0.3, -0.25) is 9.59 Å². The number of hydrogen-bond donors (Lipinski definition) is 1. The van der Waals surface area contributed by atoms with E-state index in [0.717, 1.165) is 7.11 Å². The van der Waals surface area contributed by atoms with E-state index in [4.69, 9.17) is 4.74 Å². The van der Waals surface area contributed by atoms with E-state index in [9.17, 15) is 19.5 Å². The fourth-order valence-corrected chi connectivity index (χ4v) is 1.18. The van der Waals surface area contributed by atoms with Crippen molar-refractivity contribution < 1.29 is 29.0 Å². The SMILES string of the molecule is COC(=O)OC(C)(CCC(C)(O)C(C)=O)C(C)=O. The predicted octanol–water partition coefficient (Wildman–Crippen LogP) is 1.24. The molecule has 0 rings (SSSR count). The largest absolute Gasteiger partial charge is 0.508 e. The number of aliphatic hydroxyl groups is 1. The summed E-state index contributed by atoms with van der Waals surface area (Å²) in [6, 6.07) is 0. The van der Waals surface area contributed by atoms with Crippen molar-refractivity contribution in [2.75, 3.05) is 7.11 Å². The van der Waals surface area contributed by atoms with Crippen molar-refractivity contribution in [3.05, 3.63) is 0 Å². The van der Waals surface area contributed by atoms with E-state index >= 15 is 0 Å². The Morgan fingerprint density at radius 3 is 1.89 bits per heavy atom. The lowest BCUT2D eigenvalue weighted by atomic mass is 9.87. The molecule has 18 heavy (non-hydrogen) atoms. The van der Waals surface area contributed by atoms with Crippen LogP contribution in [0.15, 0.2) is 0 Å². The van der Waals surface area contributed by atoms with Gasteiger partial charge in [0.25, 0.3) is 0 Å². The Hall–Kier alpha value is -1.43. The van der Waals surface area contributed by atoms with E-state index in [1.807, 2.05) is 0 Å². The van der Waals surface area contributed by atoms with E-state index < -0.39 is 23.1 Å². The fraction of sp³-hybridized carbons (Fsp3) is 0.750. The van der Waals surface area contributed by atoms with Crippen LogP contribution in [0, 0.1) is 0 Å². The minimum Gasteiger partial charge on any atom is -0.438 e. The number of hydrogen-bond acceptors (Lipinski definition) is 6. The molecule has 0 spiro atoms. The number of ether oxygens (including phenoxy) is 2. The number of Topliss-reactive ketones (excluding diaryl/α,β-unsaturated/α-hetero) is 2. The minimum atomic E-state index is -1.55. The Labute approximate surface area is 106 Å². The molecule has 6 nitrogen and oxygen atoms in total. The lowest BCUT2D eigenvalue weighted by Crippen LogP contribution is -2.42. The maximum atomic E-state index is 11.5. The van der Waals surface area contributed by atoms with Crippen molar-refractivity contribution in [2.24, 2.45) is 0 Å². The van der Waals surface area contributed by atoms with Crippen LogP contribution in [0.1, 0.15) is 40.5 Å². The lowest BCUT2D eigenvalue weighted by molar-refractivity contribution is -0.142. The maximum absolute atomic E-state index is 11.5. The van der Waals surface area contributed by atoms with Crippen molar-refractivity contribution in [2.45, 2.75) is 51.7 Å². The summed E-state index contributed by atoms with van der Waals surface area (Å²) < 4.78 is 9.22. The molecule has 0 saturated heterocycles. The summed E-state index contributed by atoms with van der Waals surface area (Å²) in [7, 11) is 1.13. The lowest BCUT2D eigenvalue weighted by Gasteiger charge is -2.29. The van der Waals surface area contributed by atoms with Gasteiger partial charge in [-0.05, 0) is 40.5 Å². The van der Waals surface area contributed by atoms with Gasteiger partial charge >= 0.3 is 6.16 Å². The van der Waals surface area contributed by atoms with Crippen LogP contribution in [-0.4, -0.2) is 41.1 Å². The van der Waals surface area contributed by atoms with Gasteiger partial charge in [0.15, 0.2) is 17.2 Å². The first-order valence-electron chi connectivity index (χ1n) is 5.56. The molecule has 0 bridgehead atoms. The van der Waals surface area contributed by atoms with Crippen molar-refractivity contribution in [1.82, 2.24) is 0 Å². The first kappa shape index (κ1) is 16.6. The second kappa shape index (κ2) is 5.95. The van der Waals surface area contributed by atoms with Crippen LogP contribution in [0.3, 0.4) is 0 Å². The van der Waals surface area contributed by atoms with Gasteiger partial charge in [-0.1, -0.05) is 0 Å². The molecule has 1 N–H and O–H groups in total. The number of methoxy groups -OCH3 is 1. The van der Waals surface area contributed by atoms with Gasteiger partial charge in [-0.2, -0.15) is 0 Å². The summed E-state index contributed by atoms with van der Waals surface area (Å²) in [6.07, 6.45) is -0.936. The molecule has 0 radical (unpaired) electrons. The van der Waals surface area contributed by atoms with Crippen LogP contribution >= 0.6 is 0 Å². The summed E-state index contributed by atoms with van der Waals surface area (Å²) >= 11 is 0. The van der Waals surface area contributed by atoms with Gasteiger partial charge in [-0.25, -0.2) is 4.79 Å². The summed E-state index contributed by atoms with van der Waals surface area (Å²) in [4.78, 5) is 33.7. The zero-order chi connectivity index (χ0) is 14.6. The highest BCUT2D eigenvalue weighted by molar-refractivity contribution is 5.87. The van der Waals surface area contributed by atoms with Crippen molar-refractivity contribution in [3.8, 4) is 0 Å². The quantitative estimate of drug-likeness (QED) is 0.722. The topological polar surface area (TPSA) is 89.9 Å². The first-order chi connectivity index (χ1) is 8.05. The second-order valence-corrected chi connectivity index (χ2v) is 4.67. The molecule has 0 aliphatic heterocycles. The van der Waals surface area contributed by atoms with E-state index in [1.54, 1.807) is 0 Å². The van der Waals surface area contributed by atoms with E-state index in [0.29, 0.717) is 0 Å². The molecule has 0 aromatic rings. The average molecular weight is 260 g/mol. The van der Waals surface area contributed by atoms with Gasteiger partial charge in [-0.15, -0.1) is 0 Å². The van der Waals surface area contributed by atoms with Crippen LogP contribution in [0.5, 0.6) is 0 Å². The standard InChI is InChI=1S/C12H20O6/c1-8(13)11(3,16)6-7-12(4,9(2)14)18-10(15)17-5/h16H,6-7H2,1-5H3. The zero-order valence-electron chi connectivity index (χ0n) is 11.4. The third-order valence-electron chi connectivity index (χ3n) is 3.07. The maximum Gasteiger partial charge on any atom is 0.508 e. The van der Waals surface area contributed by atoms with Gasteiger partial charge in [0.1, 0.15) is 5.60 Å². The van der Waals surface area contributed by atoms with Crippen molar-refractivity contribution in [3.63, 3.8) is 0 Å². The summed E-state index contributed by atoms with van der Waals surface area (Å²) in [6.45, 7) is 5.30. The highest BCUT2D eigenvalue weighted by Gasteiger charge is 2.38. The molecule has 0 aliphatic carbocycles. The predicted molar refractivity (Wildman–Crippen MR) is 63.1 cm³/mol. The molecule has 6 heteroatoms. The highest BCUT2D eigenvalue weighted by atomic mass is 16.7. The van der Waals surface area contributed by atoms with Crippen molar-refractivity contribution >= 4 is 17.7 Å². The average Bonchev–Trinajstić information content (AvgIpc) is 2.26. The van der Waals surface area contributed by atoms with Crippen molar-refractivity contribution in [1.29, 1.82) is 0 Å². The normalized spacial score (nSPS) is 17.2. The fourth-order valence-electron chi connectivity index (χ4n) is 1.18. The zero-order valence-corrected chi connectivity index (χ0v) is 11.4. The molecule has 0 saturated carbocycles. The Morgan fingerprint density at radius 1 is 1.06 bits per heavy atom. The smallest absolute Gasteiger partial charge is 0.438 e. The monoisotopic (exact) mass is 260 g/mol. The van der Waals surface area contributed by atoms with Gasteiger partial charge in [0.05, 0.1) is 7.11 Å². The molecular weight excluding hydrogens is 240 g/mol. The molecule has 0 amide bonds. The minimum absolute atomic E-state index is 0.00933. The van der Waals surface area contributed by atoms with E-state index in [-0.39, 0.29) is 18.6 Å². The summed E-state index contributed by atoms with van der Waals surface area (Å²) in [5, 5.41) is 9.80. The van der Waals surface area contributed by atoms with Crippen LogP contribution in [-0.2, 0) is 19.1 Å². The third kappa shape index (κ3) is 4.44. The molecular formula is C12H20O6. The molecule has 0 aromatic carbocycles. The Bertz CT molecular complexity index is 346. The van der Waals surface area contributed by atoms with Crippen LogP contribution in [0.2, 0.25) is 0 Å². The summed E-state index contributed by atoms with van der Waals surface area (Å²) in [5.74, 6) is -0.793. The molecule has 0 fully saturated rings. The number of ketones is 2.